The number of likely N-dealkylation sites (tertiary alicyclic amines) is 1. The molecule has 1 saturated carbocycles. The molecule has 0 unspecified atom stereocenters. The van der Waals surface area contributed by atoms with Gasteiger partial charge < -0.3 is 10.2 Å². The van der Waals surface area contributed by atoms with E-state index >= 15 is 0 Å². The highest BCUT2D eigenvalue weighted by Crippen LogP contribution is 2.49. The zero-order valence-corrected chi connectivity index (χ0v) is 14.9. The van der Waals surface area contributed by atoms with Gasteiger partial charge in [-0.3, -0.25) is 9.59 Å². The Kier molecular flexibility index (Phi) is 5.12. The van der Waals surface area contributed by atoms with Crippen molar-refractivity contribution < 1.29 is 18.4 Å². The highest BCUT2D eigenvalue weighted by Gasteiger charge is 2.47. The van der Waals surface area contributed by atoms with Crippen molar-refractivity contribution in [3.8, 4) is 0 Å². The van der Waals surface area contributed by atoms with Crippen molar-refractivity contribution in [1.29, 1.82) is 0 Å². The van der Waals surface area contributed by atoms with E-state index in [2.05, 4.69) is 18.8 Å². The van der Waals surface area contributed by atoms with Gasteiger partial charge in [0.1, 0.15) is 0 Å². The number of amides is 2. The van der Waals surface area contributed by atoms with Crippen LogP contribution in [0.1, 0.15) is 37.7 Å². The standard InChI is InChI=1S/C20H24F2N2O2/c1-3-18(25)23-12-20(2)6-8-24(9-7-20)19(26)15-11-14(15)13-4-5-16(21)17(22)10-13/h3-5,10,14-15H,1,6-9,11-12H2,2H3,(H,23,25)/t14-,15+/m0/s1. The number of carbonyl (C=O) groups excluding carboxylic acids is 2. The quantitative estimate of drug-likeness (QED) is 0.819. The van der Waals surface area contributed by atoms with Gasteiger partial charge in [-0.2, -0.15) is 0 Å². The normalized spacial score (nSPS) is 24.0. The van der Waals surface area contributed by atoms with Crippen molar-refractivity contribution >= 4 is 11.8 Å². The third kappa shape index (κ3) is 3.94. The Hall–Kier alpha value is -2.24. The third-order valence-corrected chi connectivity index (χ3v) is 5.64. The molecule has 1 saturated heterocycles. The summed E-state index contributed by atoms with van der Waals surface area (Å²) in [6, 6.07) is 3.88. The van der Waals surface area contributed by atoms with Gasteiger partial charge >= 0.3 is 0 Å². The zero-order chi connectivity index (χ0) is 18.9. The maximum absolute atomic E-state index is 13.4. The second-order valence-corrected chi connectivity index (χ2v) is 7.68. The highest BCUT2D eigenvalue weighted by atomic mass is 19.2. The fraction of sp³-hybridized carbons (Fsp3) is 0.500. The Morgan fingerprint density at radius 1 is 1.31 bits per heavy atom. The first-order valence-electron chi connectivity index (χ1n) is 8.97. The molecule has 0 bridgehead atoms. The van der Waals surface area contributed by atoms with Crippen molar-refractivity contribution in [2.24, 2.45) is 11.3 Å². The number of nitrogens with one attached hydrogen (secondary N) is 1. The molecule has 1 aliphatic carbocycles. The first-order chi connectivity index (χ1) is 12.3. The van der Waals surface area contributed by atoms with Gasteiger partial charge in [-0.05, 0) is 54.4 Å². The zero-order valence-electron chi connectivity index (χ0n) is 14.9. The summed E-state index contributed by atoms with van der Waals surface area (Å²) in [5, 5.41) is 2.83. The summed E-state index contributed by atoms with van der Waals surface area (Å²) >= 11 is 0. The number of halogens is 2. The van der Waals surface area contributed by atoms with Gasteiger partial charge in [-0.15, -0.1) is 0 Å². The minimum Gasteiger partial charge on any atom is -0.352 e. The van der Waals surface area contributed by atoms with Crippen molar-refractivity contribution in [3.63, 3.8) is 0 Å². The van der Waals surface area contributed by atoms with Gasteiger partial charge in [0.15, 0.2) is 11.6 Å². The van der Waals surface area contributed by atoms with E-state index in [4.69, 9.17) is 0 Å². The van der Waals surface area contributed by atoms with E-state index in [1.54, 1.807) is 6.07 Å². The van der Waals surface area contributed by atoms with E-state index in [9.17, 15) is 18.4 Å². The predicted molar refractivity (Wildman–Crippen MR) is 94.3 cm³/mol. The van der Waals surface area contributed by atoms with E-state index in [-0.39, 0.29) is 29.1 Å². The molecule has 1 heterocycles. The van der Waals surface area contributed by atoms with Crippen LogP contribution in [-0.4, -0.2) is 36.3 Å². The lowest BCUT2D eigenvalue weighted by Gasteiger charge is -2.39. The summed E-state index contributed by atoms with van der Waals surface area (Å²) in [5.74, 6) is -1.97. The van der Waals surface area contributed by atoms with E-state index in [1.165, 1.54) is 12.1 Å². The number of hydrogen-bond donors (Lipinski definition) is 1. The second kappa shape index (κ2) is 7.17. The number of piperidine rings is 1. The van der Waals surface area contributed by atoms with Crippen molar-refractivity contribution in [2.45, 2.75) is 32.1 Å². The molecule has 2 atom stereocenters. The van der Waals surface area contributed by atoms with Crippen LogP contribution in [0, 0.1) is 23.0 Å². The van der Waals surface area contributed by atoms with Crippen LogP contribution in [0.3, 0.4) is 0 Å². The molecule has 2 amide bonds. The van der Waals surface area contributed by atoms with Crippen molar-refractivity contribution in [3.05, 3.63) is 48.1 Å². The van der Waals surface area contributed by atoms with E-state index in [0.29, 0.717) is 31.6 Å². The molecular formula is C20H24F2N2O2. The van der Waals surface area contributed by atoms with Crippen LogP contribution in [0.25, 0.3) is 0 Å². The minimum absolute atomic E-state index is 0.0159. The van der Waals surface area contributed by atoms with Crippen LogP contribution >= 0.6 is 0 Å². The molecule has 2 fully saturated rings. The van der Waals surface area contributed by atoms with E-state index in [0.717, 1.165) is 18.9 Å². The van der Waals surface area contributed by atoms with Crippen LogP contribution < -0.4 is 5.32 Å². The van der Waals surface area contributed by atoms with Gasteiger partial charge in [0.25, 0.3) is 0 Å². The summed E-state index contributed by atoms with van der Waals surface area (Å²) in [4.78, 5) is 25.9. The maximum atomic E-state index is 13.4. The molecule has 4 nitrogen and oxygen atoms in total. The number of rotatable bonds is 5. The molecule has 0 aromatic heterocycles. The molecule has 140 valence electrons. The van der Waals surface area contributed by atoms with Crippen LogP contribution in [0.4, 0.5) is 8.78 Å². The molecule has 1 aromatic carbocycles. The fourth-order valence-electron chi connectivity index (χ4n) is 3.63. The third-order valence-electron chi connectivity index (χ3n) is 5.64. The van der Waals surface area contributed by atoms with Crippen LogP contribution in [-0.2, 0) is 9.59 Å². The maximum Gasteiger partial charge on any atom is 0.243 e. The number of nitrogens with zero attached hydrogens (tertiary/aromatic N) is 1. The molecule has 2 aliphatic rings. The molecule has 0 radical (unpaired) electrons. The SMILES string of the molecule is C=CC(=O)NCC1(C)CCN(C(=O)[C@@H]2C[C@H]2c2ccc(F)c(F)c2)CC1. The first kappa shape index (κ1) is 18.5. The largest absolute Gasteiger partial charge is 0.352 e. The summed E-state index contributed by atoms with van der Waals surface area (Å²) in [7, 11) is 0. The molecular weight excluding hydrogens is 338 g/mol. The fourth-order valence-corrected chi connectivity index (χ4v) is 3.63. The average Bonchev–Trinajstić information content (AvgIpc) is 3.43. The van der Waals surface area contributed by atoms with E-state index in [1.807, 2.05) is 4.90 Å². The lowest BCUT2D eigenvalue weighted by Crippen LogP contribution is -2.47. The predicted octanol–water partition coefficient (Wildman–Crippen LogP) is 3.00. The van der Waals surface area contributed by atoms with Gasteiger partial charge in [-0.1, -0.05) is 19.6 Å². The lowest BCUT2D eigenvalue weighted by molar-refractivity contribution is -0.135. The van der Waals surface area contributed by atoms with Crippen molar-refractivity contribution in [1.82, 2.24) is 10.2 Å². The summed E-state index contributed by atoms with van der Waals surface area (Å²) in [6.07, 6.45) is 3.58. The Morgan fingerprint density at radius 3 is 2.62 bits per heavy atom. The average molecular weight is 362 g/mol. The van der Waals surface area contributed by atoms with Gasteiger partial charge in [-0.25, -0.2) is 8.78 Å². The molecule has 1 aromatic rings. The minimum atomic E-state index is -0.865. The van der Waals surface area contributed by atoms with Crippen molar-refractivity contribution in [2.75, 3.05) is 19.6 Å². The molecule has 26 heavy (non-hydrogen) atoms. The lowest BCUT2D eigenvalue weighted by atomic mass is 9.80. The highest BCUT2D eigenvalue weighted by molar-refractivity contribution is 5.86. The summed E-state index contributed by atoms with van der Waals surface area (Å²) < 4.78 is 26.4. The number of benzene rings is 1. The second-order valence-electron chi connectivity index (χ2n) is 7.68. The van der Waals surface area contributed by atoms with E-state index < -0.39 is 11.6 Å². The number of carbonyl (C=O) groups is 2. The van der Waals surface area contributed by atoms with Crippen LogP contribution in [0.15, 0.2) is 30.9 Å². The Bertz CT molecular complexity index is 727. The van der Waals surface area contributed by atoms with Gasteiger partial charge in [0.2, 0.25) is 11.8 Å². The summed E-state index contributed by atoms with van der Waals surface area (Å²) in [6.45, 7) is 7.43. The topological polar surface area (TPSA) is 49.4 Å². The monoisotopic (exact) mass is 362 g/mol. The van der Waals surface area contributed by atoms with Crippen LogP contribution in [0.5, 0.6) is 0 Å². The summed E-state index contributed by atoms with van der Waals surface area (Å²) in [5.41, 5.74) is 0.662. The molecule has 6 heteroatoms. The Morgan fingerprint density at radius 2 is 2.00 bits per heavy atom. The first-order valence-corrected chi connectivity index (χ1v) is 8.97. The molecule has 1 aliphatic heterocycles. The Balaban J connectivity index is 1.52. The van der Waals surface area contributed by atoms with Gasteiger partial charge in [0, 0.05) is 25.6 Å². The molecule has 1 N–H and O–H groups in total. The number of hydrogen-bond acceptors (Lipinski definition) is 2. The molecule has 0 spiro atoms. The molecule has 3 rings (SSSR count). The van der Waals surface area contributed by atoms with Gasteiger partial charge in [0.05, 0.1) is 0 Å². The van der Waals surface area contributed by atoms with Crippen LogP contribution in [0.2, 0.25) is 0 Å². The Labute approximate surface area is 152 Å². The smallest absolute Gasteiger partial charge is 0.243 e.